The van der Waals surface area contributed by atoms with Gasteiger partial charge in [0, 0.05) is 22.6 Å². The monoisotopic (exact) mass is 450 g/mol. The average molecular weight is 451 g/mol. The van der Waals surface area contributed by atoms with Crippen LogP contribution in [0.2, 0.25) is 0 Å². The van der Waals surface area contributed by atoms with Crippen molar-refractivity contribution in [3.8, 4) is 11.5 Å². The van der Waals surface area contributed by atoms with Crippen LogP contribution >= 0.6 is 15.9 Å². The molecule has 0 spiro atoms. The Morgan fingerprint density at radius 1 is 1.03 bits per heavy atom. The van der Waals surface area contributed by atoms with E-state index in [1.54, 1.807) is 60.9 Å². The molecule has 0 saturated heterocycles. The van der Waals surface area contributed by atoms with E-state index in [1.165, 1.54) is 10.9 Å². The minimum absolute atomic E-state index is 0.135. The van der Waals surface area contributed by atoms with Crippen molar-refractivity contribution in [2.45, 2.75) is 6.54 Å². The van der Waals surface area contributed by atoms with Crippen LogP contribution in [-0.4, -0.2) is 20.4 Å². The number of pyridine rings is 1. The Kier molecular flexibility index (Phi) is 5.35. The molecule has 8 heteroatoms. The fraction of sp³-hybridized carbons (Fsp3) is 0.0476. The number of fused-ring (bicyclic) bond motifs is 1. The van der Waals surface area contributed by atoms with Crippen LogP contribution in [0.25, 0.3) is 10.9 Å². The van der Waals surface area contributed by atoms with Crippen molar-refractivity contribution < 1.29 is 9.53 Å². The molecule has 0 fully saturated rings. The highest BCUT2D eigenvalue weighted by atomic mass is 79.9. The lowest BCUT2D eigenvalue weighted by Gasteiger charge is -2.09. The van der Waals surface area contributed by atoms with Gasteiger partial charge in [0.15, 0.2) is 0 Å². The molecule has 0 bridgehead atoms. The fourth-order valence-corrected chi connectivity index (χ4v) is 3.11. The molecule has 2 aromatic carbocycles. The van der Waals surface area contributed by atoms with E-state index >= 15 is 0 Å². The van der Waals surface area contributed by atoms with Crippen LogP contribution in [0.5, 0.6) is 11.5 Å². The molecule has 0 aliphatic rings. The lowest BCUT2D eigenvalue weighted by molar-refractivity contribution is -0.116. The number of ether oxygens (including phenoxy) is 1. The third-order valence-corrected chi connectivity index (χ3v) is 4.62. The first kappa shape index (κ1) is 18.8. The summed E-state index contributed by atoms with van der Waals surface area (Å²) in [5.74, 6) is 0.979. The summed E-state index contributed by atoms with van der Waals surface area (Å²) in [5, 5.41) is 3.22. The van der Waals surface area contributed by atoms with Crippen LogP contribution in [0.1, 0.15) is 0 Å². The first-order valence-electron chi connectivity index (χ1n) is 8.71. The van der Waals surface area contributed by atoms with Crippen molar-refractivity contribution in [3.63, 3.8) is 0 Å². The Bertz CT molecular complexity index is 1220. The summed E-state index contributed by atoms with van der Waals surface area (Å²) in [7, 11) is 0. The van der Waals surface area contributed by atoms with E-state index in [0.717, 1.165) is 4.47 Å². The third-order valence-electron chi connectivity index (χ3n) is 4.12. The Morgan fingerprint density at radius 3 is 2.52 bits per heavy atom. The van der Waals surface area contributed by atoms with Crippen molar-refractivity contribution in [1.29, 1.82) is 0 Å². The molecule has 1 N–H and O–H groups in total. The number of amides is 1. The highest BCUT2D eigenvalue weighted by Gasteiger charge is 2.09. The van der Waals surface area contributed by atoms with E-state index in [4.69, 9.17) is 4.74 Å². The Balaban J connectivity index is 1.44. The quantitative estimate of drug-likeness (QED) is 0.496. The first-order chi connectivity index (χ1) is 14.1. The molecule has 29 heavy (non-hydrogen) atoms. The summed E-state index contributed by atoms with van der Waals surface area (Å²) in [4.78, 5) is 33.1. The lowest BCUT2D eigenvalue weighted by Crippen LogP contribution is -2.27. The van der Waals surface area contributed by atoms with Gasteiger partial charge in [-0.3, -0.25) is 19.1 Å². The molecule has 2 heterocycles. The number of aromatic nitrogens is 3. The van der Waals surface area contributed by atoms with E-state index in [0.29, 0.717) is 28.1 Å². The van der Waals surface area contributed by atoms with E-state index in [-0.39, 0.29) is 18.0 Å². The van der Waals surface area contributed by atoms with Crippen LogP contribution < -0.4 is 15.6 Å². The van der Waals surface area contributed by atoms with Gasteiger partial charge in [0.05, 0.1) is 17.2 Å². The second kappa shape index (κ2) is 8.24. The Morgan fingerprint density at radius 2 is 1.76 bits per heavy atom. The maximum atomic E-state index is 12.6. The van der Waals surface area contributed by atoms with Gasteiger partial charge in [-0.1, -0.05) is 15.9 Å². The number of halogens is 1. The van der Waals surface area contributed by atoms with Crippen molar-refractivity contribution in [3.05, 3.63) is 88.1 Å². The van der Waals surface area contributed by atoms with Gasteiger partial charge in [-0.25, -0.2) is 4.98 Å². The van der Waals surface area contributed by atoms with Crippen molar-refractivity contribution in [1.82, 2.24) is 14.5 Å². The van der Waals surface area contributed by atoms with E-state index in [9.17, 15) is 9.59 Å². The molecular weight excluding hydrogens is 436 g/mol. The zero-order valence-corrected chi connectivity index (χ0v) is 16.7. The number of carbonyl (C=O) groups excluding carboxylic acids is 1. The predicted molar refractivity (Wildman–Crippen MR) is 113 cm³/mol. The highest BCUT2D eigenvalue weighted by molar-refractivity contribution is 9.10. The molecule has 0 radical (unpaired) electrons. The summed E-state index contributed by atoms with van der Waals surface area (Å²) >= 11 is 3.34. The van der Waals surface area contributed by atoms with Crippen molar-refractivity contribution in [2.75, 3.05) is 5.32 Å². The molecule has 7 nitrogen and oxygen atoms in total. The van der Waals surface area contributed by atoms with E-state index in [2.05, 4.69) is 31.2 Å². The van der Waals surface area contributed by atoms with Gasteiger partial charge in [-0.05, 0) is 54.6 Å². The van der Waals surface area contributed by atoms with E-state index < -0.39 is 0 Å². The van der Waals surface area contributed by atoms with Crippen LogP contribution in [-0.2, 0) is 11.3 Å². The Hall–Kier alpha value is -3.52. The van der Waals surface area contributed by atoms with Crippen molar-refractivity contribution in [2.24, 2.45) is 0 Å². The van der Waals surface area contributed by atoms with Gasteiger partial charge in [0.25, 0.3) is 5.56 Å². The number of anilines is 1. The Labute approximate surface area is 174 Å². The molecule has 0 unspecified atom stereocenters. The van der Waals surface area contributed by atoms with Crippen LogP contribution in [0.3, 0.4) is 0 Å². The van der Waals surface area contributed by atoms with Crippen LogP contribution in [0.15, 0.2) is 82.6 Å². The summed E-state index contributed by atoms with van der Waals surface area (Å²) in [6, 6.07) is 15.7. The summed E-state index contributed by atoms with van der Waals surface area (Å²) < 4.78 is 7.75. The maximum Gasteiger partial charge on any atom is 0.261 e. The molecule has 4 aromatic rings. The zero-order valence-electron chi connectivity index (χ0n) is 15.1. The van der Waals surface area contributed by atoms with Gasteiger partial charge in [0.1, 0.15) is 18.0 Å². The van der Waals surface area contributed by atoms with Gasteiger partial charge >= 0.3 is 0 Å². The third kappa shape index (κ3) is 4.49. The molecule has 2 aromatic heterocycles. The molecule has 4 rings (SSSR count). The van der Waals surface area contributed by atoms with Gasteiger partial charge < -0.3 is 10.1 Å². The smallest absolute Gasteiger partial charge is 0.261 e. The summed E-state index contributed by atoms with van der Waals surface area (Å²) in [6.45, 7) is -0.135. The topological polar surface area (TPSA) is 86.1 Å². The minimum atomic E-state index is -0.328. The SMILES string of the molecule is O=C(Cn1cnc2ccc(Br)cc2c1=O)Nc1ccc(Oc2ccncc2)cc1. The normalized spacial score (nSPS) is 10.7. The van der Waals surface area contributed by atoms with Crippen LogP contribution in [0, 0.1) is 0 Å². The first-order valence-corrected chi connectivity index (χ1v) is 9.50. The highest BCUT2D eigenvalue weighted by Crippen LogP contribution is 2.22. The predicted octanol–water partition coefficient (Wildman–Crippen LogP) is 3.99. The second-order valence-corrected chi connectivity index (χ2v) is 7.11. The zero-order chi connectivity index (χ0) is 20.2. The average Bonchev–Trinajstić information content (AvgIpc) is 2.73. The molecule has 0 aliphatic heterocycles. The number of nitrogens with zero attached hydrogens (tertiary/aromatic N) is 3. The van der Waals surface area contributed by atoms with Gasteiger partial charge in [-0.2, -0.15) is 0 Å². The number of rotatable bonds is 5. The number of carbonyl (C=O) groups is 1. The summed E-state index contributed by atoms with van der Waals surface area (Å²) in [6.07, 6.45) is 4.67. The molecule has 0 atom stereocenters. The molecular formula is C21H15BrN4O3. The second-order valence-electron chi connectivity index (χ2n) is 6.20. The molecule has 0 saturated carbocycles. The van der Waals surface area contributed by atoms with Gasteiger partial charge in [-0.15, -0.1) is 0 Å². The standard InChI is InChI=1S/C21H15BrN4O3/c22-14-1-6-19-18(11-14)21(28)26(13-24-19)12-20(27)25-15-2-4-16(5-3-15)29-17-7-9-23-10-8-17/h1-11,13H,12H2,(H,25,27). The minimum Gasteiger partial charge on any atom is -0.457 e. The molecule has 144 valence electrons. The molecule has 0 aliphatic carbocycles. The number of benzene rings is 2. The van der Waals surface area contributed by atoms with Crippen molar-refractivity contribution >= 4 is 38.4 Å². The number of hydrogen-bond acceptors (Lipinski definition) is 5. The summed E-state index contributed by atoms with van der Waals surface area (Å²) in [5.41, 5.74) is 0.911. The molecule has 1 amide bonds. The number of nitrogens with one attached hydrogen (secondary N) is 1. The van der Waals surface area contributed by atoms with Crippen LogP contribution in [0.4, 0.5) is 5.69 Å². The fourth-order valence-electron chi connectivity index (χ4n) is 2.75. The number of hydrogen-bond donors (Lipinski definition) is 1. The maximum absolute atomic E-state index is 12.6. The largest absolute Gasteiger partial charge is 0.457 e. The van der Waals surface area contributed by atoms with Gasteiger partial charge in [0.2, 0.25) is 5.91 Å². The van der Waals surface area contributed by atoms with E-state index in [1.807, 2.05) is 6.07 Å². The lowest BCUT2D eigenvalue weighted by atomic mass is 10.2.